The molecule has 0 N–H and O–H groups in total. The molecule has 1 aliphatic rings. The van der Waals surface area contributed by atoms with E-state index in [0.29, 0.717) is 23.9 Å². The molecule has 4 heterocycles. The molecule has 0 radical (unpaired) electrons. The maximum Gasteiger partial charge on any atom is 0.245 e. The summed E-state index contributed by atoms with van der Waals surface area (Å²) in [5, 5.41) is 7.80. The van der Waals surface area contributed by atoms with Crippen LogP contribution in [0.2, 0.25) is 5.02 Å². The zero-order valence-electron chi connectivity index (χ0n) is 20.2. The van der Waals surface area contributed by atoms with Crippen molar-refractivity contribution in [2.24, 2.45) is 0 Å². The van der Waals surface area contributed by atoms with Crippen LogP contribution in [0.15, 0.2) is 18.7 Å². The van der Waals surface area contributed by atoms with E-state index in [0.717, 1.165) is 6.42 Å². The summed E-state index contributed by atoms with van der Waals surface area (Å²) < 4.78 is 50.9. The standard InChI is InChI=1S/C21H26ClN7O6S/c1-12(17(32-2)18-23-8-13(22)9-24-18)36(30,31)10-15-27-28-19(14-6-5-7-35-14)29(15)16-20(33-3)25-11-26-21(16)34-4/h8-9,11-12,14,17H,5-7,10H2,1-4H3/t12-,14+,17-/m0/s1. The lowest BCUT2D eigenvalue weighted by Crippen LogP contribution is -2.30. The van der Waals surface area contributed by atoms with E-state index in [1.54, 1.807) is 4.57 Å². The molecule has 3 atom stereocenters. The van der Waals surface area contributed by atoms with Gasteiger partial charge >= 0.3 is 0 Å². The third kappa shape index (κ3) is 5.12. The van der Waals surface area contributed by atoms with E-state index in [2.05, 4.69) is 30.1 Å². The third-order valence-corrected chi connectivity index (χ3v) is 8.05. The Hall–Kier alpha value is -2.94. The zero-order chi connectivity index (χ0) is 25.9. The van der Waals surface area contributed by atoms with Gasteiger partial charge in [-0.15, -0.1) is 10.2 Å². The van der Waals surface area contributed by atoms with E-state index in [1.807, 2.05) is 0 Å². The number of methoxy groups -OCH3 is 3. The molecule has 3 aromatic heterocycles. The molecular weight excluding hydrogens is 514 g/mol. The van der Waals surface area contributed by atoms with Crippen molar-refractivity contribution in [3.63, 3.8) is 0 Å². The van der Waals surface area contributed by atoms with Gasteiger partial charge in [0.2, 0.25) is 11.8 Å². The van der Waals surface area contributed by atoms with Gasteiger partial charge in [0, 0.05) is 26.1 Å². The van der Waals surface area contributed by atoms with Gasteiger partial charge in [-0.05, 0) is 19.8 Å². The Bertz CT molecular complexity index is 1280. The van der Waals surface area contributed by atoms with Gasteiger partial charge in [-0.25, -0.2) is 18.4 Å². The van der Waals surface area contributed by atoms with Crippen molar-refractivity contribution in [2.75, 3.05) is 27.9 Å². The second-order valence-electron chi connectivity index (χ2n) is 7.98. The lowest BCUT2D eigenvalue weighted by molar-refractivity contribution is 0.0948. The third-order valence-electron chi connectivity index (χ3n) is 5.81. The van der Waals surface area contributed by atoms with Crippen LogP contribution >= 0.6 is 11.6 Å². The fourth-order valence-electron chi connectivity index (χ4n) is 3.97. The molecule has 0 amide bonds. The highest BCUT2D eigenvalue weighted by Crippen LogP contribution is 2.36. The van der Waals surface area contributed by atoms with Crippen LogP contribution in [0.4, 0.5) is 0 Å². The smallest absolute Gasteiger partial charge is 0.245 e. The van der Waals surface area contributed by atoms with Gasteiger partial charge in [0.05, 0.1) is 24.5 Å². The van der Waals surface area contributed by atoms with Crippen LogP contribution in [0.25, 0.3) is 5.69 Å². The number of rotatable bonds is 10. The normalized spacial score (nSPS) is 17.6. The number of sulfone groups is 1. The highest BCUT2D eigenvalue weighted by molar-refractivity contribution is 7.91. The van der Waals surface area contributed by atoms with Gasteiger partial charge in [0.15, 0.2) is 33.0 Å². The number of hydrogen-bond acceptors (Lipinski definition) is 12. The van der Waals surface area contributed by atoms with Crippen molar-refractivity contribution < 1.29 is 27.4 Å². The van der Waals surface area contributed by atoms with Crippen LogP contribution in [-0.2, 0) is 25.1 Å². The maximum atomic E-state index is 13.6. The highest BCUT2D eigenvalue weighted by atomic mass is 35.5. The minimum Gasteiger partial charge on any atom is -0.479 e. The molecule has 13 nitrogen and oxygen atoms in total. The topological polar surface area (TPSA) is 153 Å². The second kappa shape index (κ2) is 11.0. The van der Waals surface area contributed by atoms with Gasteiger partial charge in [0.1, 0.15) is 24.3 Å². The Morgan fingerprint density at radius 2 is 1.78 bits per heavy atom. The fourth-order valence-corrected chi connectivity index (χ4v) is 5.49. The SMILES string of the molecule is COc1ncnc(OC)c1-n1c(CS(=O)(=O)[C@@H](C)[C@H](OC)c2ncc(Cl)cn2)nnc1[C@H]1CCCO1. The van der Waals surface area contributed by atoms with E-state index in [9.17, 15) is 8.42 Å². The summed E-state index contributed by atoms with van der Waals surface area (Å²) in [5.74, 6) is 0.558. The predicted molar refractivity (Wildman–Crippen MR) is 127 cm³/mol. The maximum absolute atomic E-state index is 13.6. The number of nitrogens with zero attached hydrogens (tertiary/aromatic N) is 7. The molecule has 194 valence electrons. The molecule has 1 saturated heterocycles. The molecule has 0 saturated carbocycles. The number of aromatic nitrogens is 7. The number of ether oxygens (including phenoxy) is 4. The van der Waals surface area contributed by atoms with Crippen LogP contribution in [-0.4, -0.2) is 76.3 Å². The molecule has 0 aliphatic carbocycles. The molecule has 0 aromatic carbocycles. The lowest BCUT2D eigenvalue weighted by Gasteiger charge is -2.22. The first-order valence-corrected chi connectivity index (χ1v) is 13.1. The quantitative estimate of drug-likeness (QED) is 0.370. The summed E-state index contributed by atoms with van der Waals surface area (Å²) in [5.41, 5.74) is 0.278. The Morgan fingerprint density at radius 1 is 1.11 bits per heavy atom. The van der Waals surface area contributed by atoms with Gasteiger partial charge < -0.3 is 18.9 Å². The molecule has 0 unspecified atom stereocenters. The highest BCUT2D eigenvalue weighted by Gasteiger charge is 2.36. The minimum absolute atomic E-state index is 0.116. The lowest BCUT2D eigenvalue weighted by atomic mass is 10.2. The van der Waals surface area contributed by atoms with Crippen LogP contribution in [0, 0.1) is 0 Å². The Morgan fingerprint density at radius 3 is 2.33 bits per heavy atom. The molecule has 3 aromatic rings. The van der Waals surface area contributed by atoms with Gasteiger partial charge in [-0.2, -0.15) is 9.97 Å². The van der Waals surface area contributed by atoms with E-state index in [1.165, 1.54) is 47.0 Å². The first kappa shape index (κ1) is 26.1. The Labute approximate surface area is 213 Å². The summed E-state index contributed by atoms with van der Waals surface area (Å²) >= 11 is 5.87. The summed E-state index contributed by atoms with van der Waals surface area (Å²) in [6, 6.07) is 0. The van der Waals surface area contributed by atoms with Crippen molar-refractivity contribution in [3.8, 4) is 17.4 Å². The molecule has 15 heteroatoms. The minimum atomic E-state index is -3.89. The van der Waals surface area contributed by atoms with Crippen LogP contribution in [0.5, 0.6) is 11.8 Å². The summed E-state index contributed by atoms with van der Waals surface area (Å²) in [7, 11) is 0.385. The van der Waals surface area contributed by atoms with Crippen molar-refractivity contribution in [2.45, 2.75) is 43.0 Å². The molecule has 1 fully saturated rings. The van der Waals surface area contributed by atoms with Crippen LogP contribution in [0.3, 0.4) is 0 Å². The van der Waals surface area contributed by atoms with Gasteiger partial charge in [-0.3, -0.25) is 4.57 Å². The van der Waals surface area contributed by atoms with Crippen LogP contribution in [0.1, 0.15) is 49.4 Å². The molecule has 4 rings (SSSR count). The molecule has 1 aliphatic heterocycles. The van der Waals surface area contributed by atoms with Crippen molar-refractivity contribution in [3.05, 3.63) is 41.2 Å². The van der Waals surface area contributed by atoms with E-state index >= 15 is 0 Å². The summed E-state index contributed by atoms with van der Waals surface area (Å²) in [6.07, 6.45) is 4.24. The monoisotopic (exact) mass is 539 g/mol. The van der Waals surface area contributed by atoms with Crippen molar-refractivity contribution in [1.29, 1.82) is 0 Å². The number of halogens is 1. The van der Waals surface area contributed by atoms with Gasteiger partial charge in [0.25, 0.3) is 0 Å². The average molecular weight is 540 g/mol. The Kier molecular flexibility index (Phi) is 7.97. The largest absolute Gasteiger partial charge is 0.479 e. The summed E-state index contributed by atoms with van der Waals surface area (Å²) in [6.45, 7) is 2.08. The van der Waals surface area contributed by atoms with Crippen LogP contribution < -0.4 is 9.47 Å². The average Bonchev–Trinajstić information content (AvgIpc) is 3.54. The van der Waals surface area contributed by atoms with Crippen molar-refractivity contribution >= 4 is 21.4 Å². The molecular formula is C21H26ClN7O6S. The molecule has 36 heavy (non-hydrogen) atoms. The van der Waals surface area contributed by atoms with Crippen molar-refractivity contribution in [1.82, 2.24) is 34.7 Å². The predicted octanol–water partition coefficient (Wildman–Crippen LogP) is 2.06. The summed E-state index contributed by atoms with van der Waals surface area (Å²) in [4.78, 5) is 16.6. The second-order valence-corrected chi connectivity index (χ2v) is 10.8. The molecule has 0 bridgehead atoms. The Balaban J connectivity index is 1.77. The van der Waals surface area contributed by atoms with E-state index < -0.39 is 33.0 Å². The zero-order valence-corrected chi connectivity index (χ0v) is 21.7. The van der Waals surface area contributed by atoms with E-state index in [4.69, 9.17) is 30.5 Å². The van der Waals surface area contributed by atoms with E-state index in [-0.39, 0.29) is 29.1 Å². The first-order valence-electron chi connectivity index (χ1n) is 11.0. The molecule has 0 spiro atoms. The first-order chi connectivity index (χ1) is 17.3. The number of hydrogen-bond donors (Lipinski definition) is 0. The fraction of sp³-hybridized carbons (Fsp3) is 0.524. The van der Waals surface area contributed by atoms with Gasteiger partial charge in [-0.1, -0.05) is 11.6 Å².